The van der Waals surface area contributed by atoms with E-state index in [9.17, 15) is 0 Å². The van der Waals surface area contributed by atoms with Gasteiger partial charge in [-0.15, -0.1) is 0 Å². The Bertz CT molecular complexity index is 3520. The number of anilines is 6. The van der Waals surface area contributed by atoms with Gasteiger partial charge in [0.05, 0.1) is 16.8 Å². The van der Waals surface area contributed by atoms with Gasteiger partial charge in [-0.05, 0) is 134 Å². The molecule has 11 aromatic rings. The summed E-state index contributed by atoms with van der Waals surface area (Å²) in [5.41, 5.74) is 20.3. The molecule has 1 aliphatic heterocycles. The van der Waals surface area contributed by atoms with Gasteiger partial charge in [0.2, 0.25) is 0 Å². The molecule has 64 heavy (non-hydrogen) atoms. The van der Waals surface area contributed by atoms with Crippen LogP contribution in [0.5, 0.6) is 0 Å². The summed E-state index contributed by atoms with van der Waals surface area (Å²) >= 11 is 0. The molecule has 13 rings (SSSR count). The van der Waals surface area contributed by atoms with Gasteiger partial charge in [-0.25, -0.2) is 0 Å². The first kappa shape index (κ1) is 36.3. The Morgan fingerprint density at radius 3 is 1.66 bits per heavy atom. The molecule has 0 fully saturated rings. The van der Waals surface area contributed by atoms with Gasteiger partial charge in [-0.3, -0.25) is 0 Å². The fourth-order valence-corrected chi connectivity index (χ4v) is 10.7. The van der Waals surface area contributed by atoms with E-state index in [4.69, 9.17) is 4.42 Å². The summed E-state index contributed by atoms with van der Waals surface area (Å²) in [4.78, 5) is 4.87. The number of para-hydroxylation sites is 4. The monoisotopic (exact) mass is 816 g/mol. The zero-order chi connectivity index (χ0) is 42.2. The number of rotatable bonds is 6. The van der Waals surface area contributed by atoms with Gasteiger partial charge in [-0.2, -0.15) is 0 Å². The molecule has 0 N–H and O–H groups in total. The van der Waals surface area contributed by atoms with E-state index in [-0.39, 0.29) is 0 Å². The summed E-state index contributed by atoms with van der Waals surface area (Å²) in [6, 6.07) is 88.5. The van der Waals surface area contributed by atoms with Crippen molar-refractivity contribution < 1.29 is 4.42 Å². The third-order valence-corrected chi connectivity index (χ3v) is 13.4. The lowest BCUT2D eigenvalue weighted by Crippen LogP contribution is -2.36. The van der Waals surface area contributed by atoms with Crippen LogP contribution in [0.25, 0.3) is 55.3 Å². The number of nitrogens with zero attached hydrogens (tertiary/aromatic N) is 2. The van der Waals surface area contributed by atoms with Crippen LogP contribution in [0.4, 0.5) is 34.1 Å². The first-order chi connectivity index (χ1) is 31.7. The van der Waals surface area contributed by atoms with E-state index in [2.05, 4.69) is 240 Å². The van der Waals surface area contributed by atoms with E-state index in [0.717, 1.165) is 55.8 Å². The van der Waals surface area contributed by atoms with Crippen molar-refractivity contribution in [1.29, 1.82) is 0 Å². The molecule has 0 unspecified atom stereocenters. The zero-order valence-electron chi connectivity index (χ0n) is 34.9. The maximum Gasteiger partial charge on any atom is 0.135 e. The summed E-state index contributed by atoms with van der Waals surface area (Å²) in [5, 5.41) is 2.25. The Hall–Kier alpha value is -8.40. The molecule has 0 saturated carbocycles. The van der Waals surface area contributed by atoms with Crippen molar-refractivity contribution >= 4 is 56.1 Å². The van der Waals surface area contributed by atoms with Crippen molar-refractivity contribution in [3.8, 4) is 33.4 Å². The third-order valence-electron chi connectivity index (χ3n) is 13.4. The van der Waals surface area contributed by atoms with Crippen LogP contribution in [0, 0.1) is 0 Å². The highest BCUT2D eigenvalue weighted by Gasteiger charge is 2.51. The molecule has 3 heteroatoms. The topological polar surface area (TPSA) is 19.6 Å². The van der Waals surface area contributed by atoms with Crippen LogP contribution in [-0.4, -0.2) is 0 Å². The smallest absolute Gasteiger partial charge is 0.135 e. The average molecular weight is 817 g/mol. The van der Waals surface area contributed by atoms with E-state index >= 15 is 0 Å². The van der Waals surface area contributed by atoms with Crippen LogP contribution in [-0.2, 0) is 5.41 Å². The SMILES string of the molecule is c1ccc(-c2ccc(N(c3cccc(-c4ccc5oc6ccccc6c5c4)c3)c3ccc4c(c3)C3(c5ccccc5-4)c4ccccc4N(c4ccccc4)c4ccccc43)cc2)cc1. The fourth-order valence-electron chi connectivity index (χ4n) is 10.7. The molecule has 1 aliphatic carbocycles. The predicted molar refractivity (Wildman–Crippen MR) is 265 cm³/mol. The molecule has 300 valence electrons. The van der Waals surface area contributed by atoms with Crippen LogP contribution in [0.15, 0.2) is 247 Å². The molecule has 0 saturated heterocycles. The van der Waals surface area contributed by atoms with Gasteiger partial charge in [-0.1, -0.05) is 164 Å². The first-order valence-corrected chi connectivity index (χ1v) is 22.0. The minimum absolute atomic E-state index is 0.576. The highest BCUT2D eigenvalue weighted by Crippen LogP contribution is 2.64. The van der Waals surface area contributed by atoms with E-state index < -0.39 is 5.41 Å². The van der Waals surface area contributed by atoms with Crippen LogP contribution in [0.3, 0.4) is 0 Å². The predicted octanol–water partition coefficient (Wildman–Crippen LogP) is 16.5. The van der Waals surface area contributed by atoms with Crippen molar-refractivity contribution in [2.75, 3.05) is 9.80 Å². The summed E-state index contributed by atoms with van der Waals surface area (Å²) in [5.74, 6) is 0. The van der Waals surface area contributed by atoms with Gasteiger partial charge in [0, 0.05) is 33.5 Å². The summed E-state index contributed by atoms with van der Waals surface area (Å²) < 4.78 is 6.23. The van der Waals surface area contributed by atoms with Gasteiger partial charge in [0.15, 0.2) is 0 Å². The van der Waals surface area contributed by atoms with Crippen molar-refractivity contribution in [3.05, 3.63) is 265 Å². The second-order valence-electron chi connectivity index (χ2n) is 16.8. The maximum atomic E-state index is 6.23. The molecule has 0 radical (unpaired) electrons. The standard InChI is InChI=1S/C61H40N2O/c1-3-16-41(17-4-1)42-30-33-46(34-31-42)62(47-21-15-18-43(38-47)44-32-37-60-52(39-44)51-23-8-14-29-59(51)64-60)48-35-36-50-49-22-7-9-24-53(49)61(56(50)40-48)54-25-10-12-27-57(54)63(45-19-5-2-6-20-45)58-28-13-11-26-55(58)61/h1-40H. The Balaban J connectivity index is 1.03. The number of benzene rings is 10. The van der Waals surface area contributed by atoms with Crippen molar-refractivity contribution in [3.63, 3.8) is 0 Å². The second kappa shape index (κ2) is 14.3. The molecule has 0 atom stereocenters. The highest BCUT2D eigenvalue weighted by atomic mass is 16.3. The van der Waals surface area contributed by atoms with Crippen LogP contribution in [0.1, 0.15) is 22.3 Å². The second-order valence-corrected chi connectivity index (χ2v) is 16.8. The van der Waals surface area contributed by atoms with Gasteiger partial charge in [0.25, 0.3) is 0 Å². The van der Waals surface area contributed by atoms with E-state index in [0.29, 0.717) is 0 Å². The normalized spacial score (nSPS) is 13.1. The Morgan fingerprint density at radius 1 is 0.328 bits per heavy atom. The van der Waals surface area contributed by atoms with E-state index in [1.165, 1.54) is 55.9 Å². The quantitative estimate of drug-likeness (QED) is 0.167. The van der Waals surface area contributed by atoms with Gasteiger partial charge < -0.3 is 14.2 Å². The Kier molecular flexibility index (Phi) is 8.13. The van der Waals surface area contributed by atoms with E-state index in [1.54, 1.807) is 0 Å². The Labute approximate surface area is 372 Å². The molecule has 2 heterocycles. The number of fused-ring (bicyclic) bond motifs is 12. The zero-order valence-corrected chi connectivity index (χ0v) is 34.9. The number of furan rings is 1. The summed E-state index contributed by atoms with van der Waals surface area (Å²) in [6.07, 6.45) is 0. The fraction of sp³-hybridized carbons (Fsp3) is 0.0164. The van der Waals surface area contributed by atoms with Crippen LogP contribution in [0.2, 0.25) is 0 Å². The summed E-state index contributed by atoms with van der Waals surface area (Å²) in [6.45, 7) is 0. The molecular weight excluding hydrogens is 777 g/mol. The molecule has 0 amide bonds. The lowest BCUT2D eigenvalue weighted by atomic mass is 9.64. The molecule has 1 spiro atoms. The number of hydrogen-bond acceptors (Lipinski definition) is 3. The molecule has 2 aliphatic rings. The highest BCUT2D eigenvalue weighted by molar-refractivity contribution is 6.06. The third kappa shape index (κ3) is 5.41. The molecule has 0 bridgehead atoms. The minimum atomic E-state index is -0.576. The maximum absolute atomic E-state index is 6.23. The van der Waals surface area contributed by atoms with Crippen molar-refractivity contribution in [2.45, 2.75) is 5.41 Å². The largest absolute Gasteiger partial charge is 0.456 e. The van der Waals surface area contributed by atoms with Crippen molar-refractivity contribution in [1.82, 2.24) is 0 Å². The molecule has 1 aromatic heterocycles. The molecular formula is C61H40N2O. The number of hydrogen-bond donors (Lipinski definition) is 0. The molecule has 10 aromatic carbocycles. The minimum Gasteiger partial charge on any atom is -0.456 e. The van der Waals surface area contributed by atoms with Crippen LogP contribution < -0.4 is 9.80 Å². The molecule has 3 nitrogen and oxygen atoms in total. The van der Waals surface area contributed by atoms with Gasteiger partial charge in [0.1, 0.15) is 11.2 Å². The lowest BCUT2D eigenvalue weighted by Gasteiger charge is -2.45. The summed E-state index contributed by atoms with van der Waals surface area (Å²) in [7, 11) is 0. The Morgan fingerprint density at radius 2 is 0.875 bits per heavy atom. The van der Waals surface area contributed by atoms with E-state index in [1.807, 2.05) is 12.1 Å². The van der Waals surface area contributed by atoms with Gasteiger partial charge >= 0.3 is 0 Å². The lowest BCUT2D eigenvalue weighted by molar-refractivity contribution is 0.669. The average Bonchev–Trinajstić information content (AvgIpc) is 3.88. The van der Waals surface area contributed by atoms with Crippen molar-refractivity contribution in [2.24, 2.45) is 0 Å². The first-order valence-electron chi connectivity index (χ1n) is 22.0. The van der Waals surface area contributed by atoms with Crippen LogP contribution >= 0.6 is 0 Å².